The molecule has 3 atom stereocenters. The first-order valence-electron chi connectivity index (χ1n) is 6.52. The summed E-state index contributed by atoms with van der Waals surface area (Å²) in [5, 5.41) is 0. The average Bonchev–Trinajstić information content (AvgIpc) is 2.39. The van der Waals surface area contributed by atoms with E-state index in [9.17, 15) is 0 Å². The van der Waals surface area contributed by atoms with Crippen LogP contribution in [0, 0.1) is 11.3 Å². The zero-order chi connectivity index (χ0) is 12.1. The molecular weight excluding hydrogens is 342 g/mol. The Morgan fingerprint density at radius 3 is 2.35 bits per heavy atom. The third-order valence-electron chi connectivity index (χ3n) is 4.30. The van der Waals surface area contributed by atoms with E-state index in [0.29, 0.717) is 16.3 Å². The van der Waals surface area contributed by atoms with Crippen LogP contribution in [0.3, 0.4) is 0 Å². The lowest BCUT2D eigenvalue weighted by atomic mass is 9.71. The molecule has 17 heavy (non-hydrogen) atoms. The molecule has 1 nitrogen and oxygen atoms in total. The summed E-state index contributed by atoms with van der Waals surface area (Å²) < 4.78 is 2.62. The second-order valence-corrected chi connectivity index (χ2v) is 8.25. The van der Waals surface area contributed by atoms with Crippen LogP contribution in [0.4, 0.5) is 0 Å². The van der Waals surface area contributed by atoms with Crippen molar-refractivity contribution in [1.29, 1.82) is 0 Å². The van der Waals surface area contributed by atoms with Gasteiger partial charge in [-0.3, -0.25) is 0 Å². The fourth-order valence-electron chi connectivity index (χ4n) is 3.49. The minimum absolute atomic E-state index is 0. The van der Waals surface area contributed by atoms with Crippen molar-refractivity contribution in [3.05, 3.63) is 0 Å². The highest BCUT2D eigenvalue weighted by Gasteiger charge is 2.55. The Balaban J connectivity index is 0.00000144. The third kappa shape index (κ3) is 2.80. The molecule has 1 aliphatic heterocycles. The molecule has 0 aromatic carbocycles. The lowest BCUT2D eigenvalue weighted by Crippen LogP contribution is -3.00. The van der Waals surface area contributed by atoms with Gasteiger partial charge in [-0.05, 0) is 33.6 Å². The summed E-state index contributed by atoms with van der Waals surface area (Å²) in [6.07, 6.45) is 6.61. The Bertz CT molecular complexity index is 315. The highest BCUT2D eigenvalue weighted by molar-refractivity contribution is 9.09. The van der Waals surface area contributed by atoms with Gasteiger partial charge >= 0.3 is 0 Å². The number of alkyl halides is 1. The highest BCUT2D eigenvalue weighted by atomic mass is 79.9. The van der Waals surface area contributed by atoms with Gasteiger partial charge in [-0.1, -0.05) is 36.2 Å². The van der Waals surface area contributed by atoms with Crippen molar-refractivity contribution in [3.8, 4) is 0 Å². The molecule has 100 valence electrons. The number of fused-ring (bicyclic) bond motifs is 1. The van der Waals surface area contributed by atoms with Crippen molar-refractivity contribution in [2.24, 2.45) is 11.3 Å². The summed E-state index contributed by atoms with van der Waals surface area (Å²) in [7, 11) is 0. The quantitative estimate of drug-likeness (QED) is 0.441. The number of hydrogen-bond donors (Lipinski definition) is 0. The summed E-state index contributed by atoms with van der Waals surface area (Å²) in [5.41, 5.74) is 0.616. The van der Waals surface area contributed by atoms with Crippen LogP contribution in [0.15, 0.2) is 0 Å². The molecule has 1 fully saturated rings. The van der Waals surface area contributed by atoms with Gasteiger partial charge in [-0.2, -0.15) is 0 Å². The van der Waals surface area contributed by atoms with E-state index >= 15 is 0 Å². The Kier molecular flexibility index (Phi) is 4.57. The topological polar surface area (TPSA) is 3.01 Å². The predicted octanol–water partition coefficient (Wildman–Crippen LogP) is 0.844. The van der Waals surface area contributed by atoms with E-state index in [1.165, 1.54) is 19.3 Å². The van der Waals surface area contributed by atoms with Gasteiger partial charge < -0.3 is 17.0 Å². The van der Waals surface area contributed by atoms with Crippen molar-refractivity contribution < 1.29 is 21.6 Å². The van der Waals surface area contributed by atoms with E-state index in [-0.39, 0.29) is 22.5 Å². The summed E-state index contributed by atoms with van der Waals surface area (Å²) >= 11 is 3.92. The molecule has 0 amide bonds. The van der Waals surface area contributed by atoms with Crippen LogP contribution >= 0.6 is 15.9 Å². The first kappa shape index (κ1) is 15.7. The average molecular weight is 367 g/mol. The summed E-state index contributed by atoms with van der Waals surface area (Å²) in [4.78, 5) is 0.670. The molecule has 3 heteroatoms. The Morgan fingerprint density at radius 1 is 1.24 bits per heavy atom. The van der Waals surface area contributed by atoms with Gasteiger partial charge in [0.1, 0.15) is 6.21 Å². The van der Waals surface area contributed by atoms with Crippen LogP contribution in [-0.4, -0.2) is 27.2 Å². The highest BCUT2D eigenvalue weighted by Crippen LogP contribution is 2.46. The van der Waals surface area contributed by atoms with Gasteiger partial charge in [0.15, 0.2) is 11.6 Å². The minimum atomic E-state index is 0. The van der Waals surface area contributed by atoms with E-state index in [4.69, 9.17) is 0 Å². The Morgan fingerprint density at radius 2 is 1.82 bits per heavy atom. The fourth-order valence-corrected chi connectivity index (χ4v) is 4.43. The molecule has 0 N–H and O–H groups in total. The van der Waals surface area contributed by atoms with Crippen LogP contribution in [0.5, 0.6) is 0 Å². The molecule has 0 bridgehead atoms. The molecule has 0 radical (unpaired) electrons. The molecular formula is C14H25Br2N. The zero-order valence-electron chi connectivity index (χ0n) is 11.6. The Hall–Kier alpha value is 0.630. The number of hydrogen-bond acceptors (Lipinski definition) is 0. The van der Waals surface area contributed by atoms with Crippen LogP contribution in [0.2, 0.25) is 0 Å². The molecule has 1 aliphatic carbocycles. The van der Waals surface area contributed by atoms with Crippen LogP contribution in [0.25, 0.3) is 0 Å². The lowest BCUT2D eigenvalue weighted by molar-refractivity contribution is -0.625. The first-order chi connectivity index (χ1) is 7.23. The van der Waals surface area contributed by atoms with Crippen LogP contribution in [0.1, 0.15) is 53.9 Å². The molecule has 3 unspecified atom stereocenters. The van der Waals surface area contributed by atoms with E-state index in [0.717, 1.165) is 5.92 Å². The van der Waals surface area contributed by atoms with E-state index in [1.54, 1.807) is 0 Å². The predicted molar refractivity (Wildman–Crippen MR) is 73.7 cm³/mol. The minimum Gasteiger partial charge on any atom is -1.00 e. The lowest BCUT2D eigenvalue weighted by Gasteiger charge is -2.35. The Labute approximate surface area is 125 Å². The van der Waals surface area contributed by atoms with E-state index in [2.05, 4.69) is 61.3 Å². The molecule has 1 heterocycles. The van der Waals surface area contributed by atoms with Gasteiger partial charge in [0.2, 0.25) is 0 Å². The summed E-state index contributed by atoms with van der Waals surface area (Å²) in [6, 6.07) is 0.698. The number of nitrogens with zero attached hydrogens (tertiary/aromatic N) is 1. The van der Waals surface area contributed by atoms with Crippen molar-refractivity contribution in [1.82, 2.24) is 0 Å². The summed E-state index contributed by atoms with van der Waals surface area (Å²) in [5.74, 6) is 0.824. The normalized spacial score (nSPS) is 35.9. The molecule has 0 saturated heterocycles. The largest absolute Gasteiger partial charge is 1.00 e. The monoisotopic (exact) mass is 365 g/mol. The smallest absolute Gasteiger partial charge is 0.169 e. The standard InChI is InChI=1S/C14H25BrN.BrH/c1-13(2,3)16-9-14(4,5)10-7-6-8-11(15)12(10)16;/h9-12H,6-8H2,1-5H3;1H/q+1;/p-1. The molecule has 2 aliphatic rings. The SMILES string of the molecule is CC1(C)C=[N+](C(C)(C)C)C2C(Br)CCCC21.[Br-]. The van der Waals surface area contributed by atoms with Gasteiger partial charge in [-0.15, -0.1) is 0 Å². The number of halogens is 2. The van der Waals surface area contributed by atoms with Crippen molar-refractivity contribution >= 4 is 22.1 Å². The van der Waals surface area contributed by atoms with Gasteiger partial charge in [0.25, 0.3) is 0 Å². The molecule has 0 aromatic heterocycles. The molecule has 0 aromatic rings. The molecule has 0 spiro atoms. The summed E-state index contributed by atoms with van der Waals surface area (Å²) in [6.45, 7) is 11.8. The van der Waals surface area contributed by atoms with E-state index < -0.39 is 0 Å². The zero-order valence-corrected chi connectivity index (χ0v) is 14.8. The van der Waals surface area contributed by atoms with E-state index in [1.807, 2.05) is 0 Å². The second kappa shape index (κ2) is 4.96. The van der Waals surface area contributed by atoms with Gasteiger partial charge in [0.05, 0.1) is 10.2 Å². The van der Waals surface area contributed by atoms with Crippen molar-refractivity contribution in [2.75, 3.05) is 0 Å². The molecule has 1 saturated carbocycles. The first-order valence-corrected chi connectivity index (χ1v) is 7.43. The maximum atomic E-state index is 3.92. The van der Waals surface area contributed by atoms with Gasteiger partial charge in [-0.25, -0.2) is 4.58 Å². The van der Waals surface area contributed by atoms with Crippen LogP contribution in [-0.2, 0) is 0 Å². The van der Waals surface area contributed by atoms with Crippen molar-refractivity contribution in [3.63, 3.8) is 0 Å². The maximum Gasteiger partial charge on any atom is 0.169 e. The third-order valence-corrected chi connectivity index (χ3v) is 5.30. The van der Waals surface area contributed by atoms with Gasteiger partial charge in [0, 0.05) is 5.92 Å². The fraction of sp³-hybridized carbons (Fsp3) is 0.929. The van der Waals surface area contributed by atoms with Crippen molar-refractivity contribution in [2.45, 2.75) is 70.3 Å². The van der Waals surface area contributed by atoms with Crippen LogP contribution < -0.4 is 17.0 Å². The maximum absolute atomic E-state index is 3.92. The molecule has 2 rings (SSSR count). The number of rotatable bonds is 0. The second-order valence-electron chi connectivity index (χ2n) is 7.07.